The minimum absolute atomic E-state index is 0.140. The van der Waals surface area contributed by atoms with Crippen molar-refractivity contribution in [2.24, 2.45) is 0 Å². The van der Waals surface area contributed by atoms with Gasteiger partial charge < -0.3 is 19.4 Å². The molecule has 0 saturated heterocycles. The number of benzene rings is 3. The van der Waals surface area contributed by atoms with Gasteiger partial charge in [-0.25, -0.2) is 0 Å². The second-order valence-electron chi connectivity index (χ2n) is 8.01. The van der Waals surface area contributed by atoms with Crippen LogP contribution in [0.5, 0.6) is 11.5 Å². The fourth-order valence-electron chi connectivity index (χ4n) is 4.15. The first-order valence-electron chi connectivity index (χ1n) is 10.9. The molecule has 0 saturated carbocycles. The molecule has 0 atom stereocenters. The molecule has 34 heavy (non-hydrogen) atoms. The predicted molar refractivity (Wildman–Crippen MR) is 135 cm³/mol. The maximum Gasteiger partial charge on any atom is 0.253 e. The number of nitrogens with zero attached hydrogens (tertiary/aromatic N) is 1. The fourth-order valence-corrected chi connectivity index (χ4v) is 4.65. The summed E-state index contributed by atoms with van der Waals surface area (Å²) in [7, 11) is 0. The van der Waals surface area contributed by atoms with Gasteiger partial charge in [-0.15, -0.1) is 0 Å². The lowest BCUT2D eigenvalue weighted by Crippen LogP contribution is -2.26. The zero-order valence-electron chi connectivity index (χ0n) is 18.5. The number of carbonyl (C=O) groups is 1. The number of hydrogen-bond donors (Lipinski definition) is 1. The Morgan fingerprint density at radius 3 is 2.56 bits per heavy atom. The standard InChI is InChI=1S/C27H22Cl2N2O3/c1-17-22(27(32)30-12-11-18-7-8-20(28)13-23(18)29)15-24(19-5-3-2-4-6-19)31(17)21-9-10-25-26(14-21)34-16-33-25/h2-10,13-15H,11-12,16H2,1H3,(H,30,32). The first kappa shape index (κ1) is 22.4. The van der Waals surface area contributed by atoms with Crippen molar-refractivity contribution in [1.29, 1.82) is 0 Å². The van der Waals surface area contributed by atoms with Crippen LogP contribution in [0.2, 0.25) is 10.0 Å². The normalized spacial score (nSPS) is 12.1. The van der Waals surface area contributed by atoms with Crippen molar-refractivity contribution in [3.8, 4) is 28.4 Å². The van der Waals surface area contributed by atoms with E-state index in [-0.39, 0.29) is 12.7 Å². The molecule has 5 rings (SSSR count). The smallest absolute Gasteiger partial charge is 0.253 e. The summed E-state index contributed by atoms with van der Waals surface area (Å²) in [6.07, 6.45) is 0.606. The third-order valence-electron chi connectivity index (χ3n) is 5.87. The van der Waals surface area contributed by atoms with Gasteiger partial charge in [0.25, 0.3) is 5.91 Å². The second kappa shape index (κ2) is 9.45. The number of ether oxygens (including phenoxy) is 2. The van der Waals surface area contributed by atoms with Crippen molar-refractivity contribution in [3.63, 3.8) is 0 Å². The van der Waals surface area contributed by atoms with Gasteiger partial charge in [-0.2, -0.15) is 0 Å². The van der Waals surface area contributed by atoms with Crippen molar-refractivity contribution in [1.82, 2.24) is 9.88 Å². The maximum atomic E-state index is 13.2. The summed E-state index contributed by atoms with van der Waals surface area (Å²) in [6.45, 7) is 2.61. The van der Waals surface area contributed by atoms with E-state index >= 15 is 0 Å². The molecule has 1 aromatic heterocycles. The molecule has 1 amide bonds. The third-order valence-corrected chi connectivity index (χ3v) is 6.46. The Balaban J connectivity index is 1.45. The summed E-state index contributed by atoms with van der Waals surface area (Å²) in [5.74, 6) is 1.27. The van der Waals surface area contributed by atoms with Crippen LogP contribution in [-0.4, -0.2) is 23.8 Å². The van der Waals surface area contributed by atoms with Gasteiger partial charge in [-0.05, 0) is 54.8 Å². The van der Waals surface area contributed by atoms with Crippen LogP contribution in [0.25, 0.3) is 16.9 Å². The van der Waals surface area contributed by atoms with E-state index < -0.39 is 0 Å². The number of carbonyl (C=O) groups excluding carboxylic acids is 1. The zero-order chi connectivity index (χ0) is 23.7. The molecule has 1 N–H and O–H groups in total. The fraction of sp³-hybridized carbons (Fsp3) is 0.148. The Morgan fingerprint density at radius 1 is 0.971 bits per heavy atom. The lowest BCUT2D eigenvalue weighted by molar-refractivity contribution is 0.0953. The molecule has 172 valence electrons. The van der Waals surface area contributed by atoms with E-state index in [0.29, 0.717) is 40.1 Å². The van der Waals surface area contributed by atoms with Crippen LogP contribution >= 0.6 is 23.2 Å². The molecule has 0 radical (unpaired) electrons. The van der Waals surface area contributed by atoms with Crippen LogP contribution in [-0.2, 0) is 6.42 Å². The highest BCUT2D eigenvalue weighted by Crippen LogP contribution is 2.36. The Bertz CT molecular complexity index is 1370. The van der Waals surface area contributed by atoms with Crippen molar-refractivity contribution in [2.45, 2.75) is 13.3 Å². The van der Waals surface area contributed by atoms with E-state index in [9.17, 15) is 4.79 Å². The predicted octanol–water partition coefficient (Wildman–Crippen LogP) is 6.46. The number of halogens is 2. The molecule has 4 aromatic rings. The Kier molecular flexibility index (Phi) is 6.22. The number of fused-ring (bicyclic) bond motifs is 1. The van der Waals surface area contributed by atoms with Gasteiger partial charge in [-0.1, -0.05) is 59.6 Å². The van der Waals surface area contributed by atoms with Gasteiger partial charge in [-0.3, -0.25) is 4.79 Å². The summed E-state index contributed by atoms with van der Waals surface area (Å²) >= 11 is 12.2. The molecular formula is C27H22Cl2N2O3. The van der Waals surface area contributed by atoms with Gasteiger partial charge in [0.05, 0.1) is 11.3 Å². The molecule has 2 heterocycles. The zero-order valence-corrected chi connectivity index (χ0v) is 20.0. The van der Waals surface area contributed by atoms with E-state index in [2.05, 4.69) is 9.88 Å². The first-order valence-corrected chi connectivity index (χ1v) is 11.7. The highest BCUT2D eigenvalue weighted by atomic mass is 35.5. The minimum atomic E-state index is -0.140. The summed E-state index contributed by atoms with van der Waals surface area (Å²) in [5, 5.41) is 4.21. The summed E-state index contributed by atoms with van der Waals surface area (Å²) in [5.41, 5.74) is 5.20. The Hall–Kier alpha value is -3.41. The SMILES string of the molecule is Cc1c(C(=O)NCCc2ccc(Cl)cc2Cl)cc(-c2ccccc2)n1-c1ccc2c(c1)OCO2. The number of nitrogens with one attached hydrogen (secondary N) is 1. The maximum absolute atomic E-state index is 13.2. The Labute approximate surface area is 207 Å². The van der Waals surface area contributed by atoms with Crippen LogP contribution in [0.15, 0.2) is 72.8 Å². The molecule has 0 unspecified atom stereocenters. The van der Waals surface area contributed by atoms with Gasteiger partial charge >= 0.3 is 0 Å². The van der Waals surface area contributed by atoms with Gasteiger partial charge in [0.15, 0.2) is 11.5 Å². The van der Waals surface area contributed by atoms with Crippen LogP contribution in [0, 0.1) is 6.92 Å². The molecule has 0 fully saturated rings. The summed E-state index contributed by atoms with van der Waals surface area (Å²) in [6, 6.07) is 23.1. The largest absolute Gasteiger partial charge is 0.454 e. The highest BCUT2D eigenvalue weighted by Gasteiger charge is 2.21. The molecule has 0 bridgehead atoms. The van der Waals surface area contributed by atoms with Gasteiger partial charge in [0.2, 0.25) is 6.79 Å². The van der Waals surface area contributed by atoms with E-state index in [1.54, 1.807) is 12.1 Å². The van der Waals surface area contributed by atoms with E-state index in [1.807, 2.05) is 67.6 Å². The topological polar surface area (TPSA) is 52.5 Å². The Morgan fingerprint density at radius 2 is 1.76 bits per heavy atom. The monoisotopic (exact) mass is 492 g/mol. The molecule has 1 aliphatic heterocycles. The molecule has 3 aromatic carbocycles. The summed E-state index contributed by atoms with van der Waals surface area (Å²) < 4.78 is 13.1. The third kappa shape index (κ3) is 4.37. The lowest BCUT2D eigenvalue weighted by atomic mass is 10.1. The van der Waals surface area contributed by atoms with Crippen molar-refractivity contribution < 1.29 is 14.3 Å². The van der Waals surface area contributed by atoms with Crippen molar-refractivity contribution >= 4 is 29.1 Å². The van der Waals surface area contributed by atoms with Crippen LogP contribution in [0.4, 0.5) is 0 Å². The molecule has 5 nitrogen and oxygen atoms in total. The molecular weight excluding hydrogens is 471 g/mol. The van der Waals surface area contributed by atoms with Crippen LogP contribution < -0.4 is 14.8 Å². The quantitative estimate of drug-likeness (QED) is 0.336. The number of aromatic nitrogens is 1. The van der Waals surface area contributed by atoms with Crippen LogP contribution in [0.1, 0.15) is 21.6 Å². The minimum Gasteiger partial charge on any atom is -0.454 e. The highest BCUT2D eigenvalue weighted by molar-refractivity contribution is 6.35. The van der Waals surface area contributed by atoms with Gasteiger partial charge in [0.1, 0.15) is 0 Å². The molecule has 1 aliphatic rings. The second-order valence-corrected chi connectivity index (χ2v) is 8.85. The van der Waals surface area contributed by atoms with Crippen molar-refractivity contribution in [2.75, 3.05) is 13.3 Å². The number of amides is 1. The summed E-state index contributed by atoms with van der Waals surface area (Å²) in [4.78, 5) is 13.2. The average molecular weight is 493 g/mol. The van der Waals surface area contributed by atoms with Gasteiger partial charge in [0, 0.05) is 34.0 Å². The van der Waals surface area contributed by atoms with Crippen LogP contribution in [0.3, 0.4) is 0 Å². The lowest BCUT2D eigenvalue weighted by Gasteiger charge is -2.13. The molecule has 0 spiro atoms. The molecule has 0 aliphatic carbocycles. The van der Waals surface area contributed by atoms with E-state index in [4.69, 9.17) is 32.7 Å². The molecule has 7 heteroatoms. The first-order chi connectivity index (χ1) is 16.5. The van der Waals surface area contributed by atoms with Crippen molar-refractivity contribution in [3.05, 3.63) is 99.7 Å². The number of hydrogen-bond acceptors (Lipinski definition) is 3. The number of rotatable bonds is 6. The average Bonchev–Trinajstić information content (AvgIpc) is 3.44. The van der Waals surface area contributed by atoms with E-state index in [0.717, 1.165) is 28.2 Å². The van der Waals surface area contributed by atoms with E-state index in [1.165, 1.54) is 0 Å².